The van der Waals surface area contributed by atoms with Crippen LogP contribution in [0.15, 0.2) is 72.8 Å². The van der Waals surface area contributed by atoms with E-state index in [2.05, 4.69) is 72.8 Å². The van der Waals surface area contributed by atoms with Crippen molar-refractivity contribution in [1.82, 2.24) is 0 Å². The largest absolute Gasteiger partial charge is 0.0619 e. The van der Waals surface area contributed by atoms with Crippen LogP contribution in [-0.4, -0.2) is 0 Å². The van der Waals surface area contributed by atoms with Crippen LogP contribution in [0.5, 0.6) is 0 Å². The maximum atomic E-state index is 2.29. The van der Waals surface area contributed by atoms with Gasteiger partial charge in [-0.3, -0.25) is 0 Å². The van der Waals surface area contributed by atoms with E-state index in [1.165, 1.54) is 43.8 Å². The summed E-state index contributed by atoms with van der Waals surface area (Å²) >= 11 is 0. The number of fused-ring (bicyclic) bond motifs is 7. The minimum Gasteiger partial charge on any atom is -0.0619 e. The van der Waals surface area contributed by atoms with Crippen LogP contribution in [0.4, 0.5) is 0 Å². The lowest BCUT2D eigenvalue weighted by Gasteiger charge is -2.09. The normalized spacial score (nSPS) is 12.6. The summed E-state index contributed by atoms with van der Waals surface area (Å²) in [6.07, 6.45) is 1.05. The van der Waals surface area contributed by atoms with E-state index >= 15 is 0 Å². The number of rotatable bonds is 0. The third-order valence-corrected chi connectivity index (χ3v) is 4.69. The molecule has 0 radical (unpaired) electrons. The minimum absolute atomic E-state index is 1.05. The van der Waals surface area contributed by atoms with Crippen LogP contribution in [0.1, 0.15) is 11.1 Å². The van der Waals surface area contributed by atoms with Crippen molar-refractivity contribution in [3.05, 3.63) is 83.9 Å². The highest BCUT2D eigenvalue weighted by molar-refractivity contribution is 6.11. The van der Waals surface area contributed by atoms with Crippen molar-refractivity contribution in [2.24, 2.45) is 0 Å². The summed E-state index contributed by atoms with van der Waals surface area (Å²) < 4.78 is 0. The summed E-state index contributed by atoms with van der Waals surface area (Å²) in [5.41, 5.74) is 5.76. The summed E-state index contributed by atoms with van der Waals surface area (Å²) in [7, 11) is 0. The fourth-order valence-corrected chi connectivity index (χ4v) is 3.74. The topological polar surface area (TPSA) is 0 Å². The zero-order valence-electron chi connectivity index (χ0n) is 11.6. The molecule has 0 aliphatic heterocycles. The summed E-state index contributed by atoms with van der Waals surface area (Å²) in [5, 5.41) is 5.48. The van der Waals surface area contributed by atoms with Gasteiger partial charge in [-0.2, -0.15) is 0 Å². The predicted molar refractivity (Wildman–Crippen MR) is 89.7 cm³/mol. The van der Waals surface area contributed by atoms with E-state index in [-0.39, 0.29) is 0 Å². The van der Waals surface area contributed by atoms with Crippen LogP contribution in [0, 0.1) is 0 Å². The molecule has 0 heterocycles. The van der Waals surface area contributed by atoms with Gasteiger partial charge in [0.25, 0.3) is 0 Å². The molecule has 0 heteroatoms. The quantitative estimate of drug-likeness (QED) is 0.322. The lowest BCUT2D eigenvalue weighted by atomic mass is 9.94. The van der Waals surface area contributed by atoms with Crippen LogP contribution in [-0.2, 0) is 6.42 Å². The van der Waals surface area contributed by atoms with Gasteiger partial charge >= 0.3 is 0 Å². The van der Waals surface area contributed by atoms with Crippen molar-refractivity contribution in [3.8, 4) is 11.1 Å². The molecule has 0 fully saturated rings. The van der Waals surface area contributed by atoms with E-state index in [4.69, 9.17) is 0 Å². The van der Waals surface area contributed by atoms with Crippen LogP contribution >= 0.6 is 0 Å². The number of benzene rings is 4. The van der Waals surface area contributed by atoms with E-state index in [9.17, 15) is 0 Å². The highest BCUT2D eigenvalue weighted by Crippen LogP contribution is 2.42. The Bertz CT molecular complexity index is 1010. The highest BCUT2D eigenvalue weighted by Gasteiger charge is 2.20. The van der Waals surface area contributed by atoms with Crippen LogP contribution < -0.4 is 0 Å². The van der Waals surface area contributed by atoms with E-state index < -0.39 is 0 Å². The van der Waals surface area contributed by atoms with Gasteiger partial charge in [0.2, 0.25) is 0 Å². The Balaban J connectivity index is 1.97. The minimum atomic E-state index is 1.05. The molecular formula is C21H14. The Hall–Kier alpha value is -2.60. The molecule has 1 aliphatic carbocycles. The molecule has 0 saturated heterocycles. The van der Waals surface area contributed by atoms with Gasteiger partial charge in [0, 0.05) is 0 Å². The molecule has 21 heavy (non-hydrogen) atoms. The molecule has 0 spiro atoms. The smallest absolute Gasteiger partial charge is 0.000706 e. The Morgan fingerprint density at radius 2 is 1.33 bits per heavy atom. The first-order valence-corrected chi connectivity index (χ1v) is 7.43. The van der Waals surface area contributed by atoms with Gasteiger partial charge in [0.1, 0.15) is 0 Å². The molecule has 0 nitrogen and oxygen atoms in total. The first kappa shape index (κ1) is 11.1. The Kier molecular flexibility index (Phi) is 2.09. The van der Waals surface area contributed by atoms with Crippen molar-refractivity contribution >= 4 is 21.5 Å². The van der Waals surface area contributed by atoms with Crippen molar-refractivity contribution in [2.75, 3.05) is 0 Å². The second-order valence-electron chi connectivity index (χ2n) is 5.81. The first-order valence-electron chi connectivity index (χ1n) is 7.43. The average Bonchev–Trinajstić information content (AvgIpc) is 2.93. The molecule has 98 valence electrons. The van der Waals surface area contributed by atoms with Crippen molar-refractivity contribution in [3.63, 3.8) is 0 Å². The first-order chi connectivity index (χ1) is 10.4. The van der Waals surface area contributed by atoms with Gasteiger partial charge in [-0.25, -0.2) is 0 Å². The van der Waals surface area contributed by atoms with Crippen molar-refractivity contribution in [1.29, 1.82) is 0 Å². The third kappa shape index (κ3) is 1.45. The predicted octanol–water partition coefficient (Wildman–Crippen LogP) is 5.56. The number of hydrogen-bond acceptors (Lipinski definition) is 0. The number of hydrogen-bond donors (Lipinski definition) is 0. The van der Waals surface area contributed by atoms with E-state index in [1.807, 2.05) is 0 Å². The van der Waals surface area contributed by atoms with Gasteiger partial charge in [0.05, 0.1) is 0 Å². The fraction of sp³-hybridized carbons (Fsp3) is 0.0476. The van der Waals surface area contributed by atoms with Gasteiger partial charge in [0.15, 0.2) is 0 Å². The lowest BCUT2D eigenvalue weighted by molar-refractivity contribution is 1.29. The Morgan fingerprint density at radius 3 is 2.33 bits per heavy atom. The molecule has 1 aliphatic rings. The van der Waals surface area contributed by atoms with Gasteiger partial charge < -0.3 is 0 Å². The van der Waals surface area contributed by atoms with Gasteiger partial charge in [-0.15, -0.1) is 0 Å². The van der Waals surface area contributed by atoms with Crippen LogP contribution in [0.2, 0.25) is 0 Å². The molecule has 0 saturated carbocycles. The summed E-state index contributed by atoms with van der Waals surface area (Å²) in [6.45, 7) is 0. The van der Waals surface area contributed by atoms with E-state index in [0.717, 1.165) is 6.42 Å². The summed E-state index contributed by atoms with van der Waals surface area (Å²) in [6, 6.07) is 26.5. The second kappa shape index (κ2) is 3.95. The molecule has 0 bridgehead atoms. The van der Waals surface area contributed by atoms with Gasteiger partial charge in [-0.1, -0.05) is 72.8 Å². The molecule has 0 aromatic heterocycles. The monoisotopic (exact) mass is 266 g/mol. The lowest BCUT2D eigenvalue weighted by Crippen LogP contribution is -1.86. The molecule has 0 unspecified atom stereocenters. The zero-order chi connectivity index (χ0) is 13.8. The molecule has 5 rings (SSSR count). The average molecular weight is 266 g/mol. The van der Waals surface area contributed by atoms with Crippen LogP contribution in [0.25, 0.3) is 32.7 Å². The Labute approximate surface area is 123 Å². The SMILES string of the molecule is c1ccc2c(c1)Cc1c-2ccc2ccc3ccccc3c12. The fourth-order valence-electron chi connectivity index (χ4n) is 3.74. The van der Waals surface area contributed by atoms with E-state index in [0.29, 0.717) is 0 Å². The maximum absolute atomic E-state index is 2.29. The maximum Gasteiger partial charge on any atom is -0.000706 e. The summed E-state index contributed by atoms with van der Waals surface area (Å²) in [4.78, 5) is 0. The third-order valence-electron chi connectivity index (χ3n) is 4.69. The molecule has 0 N–H and O–H groups in total. The standard InChI is InChI=1S/C21H14/c1-4-8-18-14(5-1)9-10-15-11-12-19-17-7-3-2-6-16(17)13-20(19)21(15)18/h1-12H,13H2. The molecular weight excluding hydrogens is 252 g/mol. The van der Waals surface area contributed by atoms with Crippen molar-refractivity contribution in [2.45, 2.75) is 6.42 Å². The molecule has 4 aromatic carbocycles. The van der Waals surface area contributed by atoms with Crippen LogP contribution in [0.3, 0.4) is 0 Å². The summed E-state index contributed by atoms with van der Waals surface area (Å²) in [5.74, 6) is 0. The second-order valence-corrected chi connectivity index (χ2v) is 5.81. The Morgan fingerprint density at radius 1 is 0.571 bits per heavy atom. The van der Waals surface area contributed by atoms with Crippen molar-refractivity contribution < 1.29 is 0 Å². The molecule has 0 atom stereocenters. The zero-order valence-corrected chi connectivity index (χ0v) is 11.6. The van der Waals surface area contributed by atoms with Gasteiger partial charge in [-0.05, 0) is 50.2 Å². The van der Waals surface area contributed by atoms with E-state index in [1.54, 1.807) is 0 Å². The molecule has 4 aromatic rings. The highest BCUT2D eigenvalue weighted by atomic mass is 14.2. The molecule has 0 amide bonds.